The van der Waals surface area contributed by atoms with Crippen LogP contribution in [0.4, 0.5) is 0 Å². The van der Waals surface area contributed by atoms with Crippen LogP contribution in [0.1, 0.15) is 46.8 Å². The maximum absolute atomic E-state index is 13.0. The van der Waals surface area contributed by atoms with Crippen LogP contribution in [0.3, 0.4) is 0 Å². The molecule has 0 fully saturated rings. The van der Waals surface area contributed by atoms with E-state index in [1.807, 2.05) is 97.1 Å². The molecule has 1 atom stereocenters. The summed E-state index contributed by atoms with van der Waals surface area (Å²) in [4.78, 5) is 25.9. The second-order valence-corrected chi connectivity index (χ2v) is 8.58. The maximum Gasteiger partial charge on any atom is 0.343 e. The largest absolute Gasteiger partial charge is 0.507 e. The Morgan fingerprint density at radius 1 is 0.806 bits per heavy atom. The van der Waals surface area contributed by atoms with Crippen molar-refractivity contribution in [1.29, 1.82) is 0 Å². The Morgan fingerprint density at radius 2 is 1.39 bits per heavy atom. The molecule has 0 radical (unpaired) electrons. The van der Waals surface area contributed by atoms with Gasteiger partial charge in [-0.2, -0.15) is 0 Å². The van der Waals surface area contributed by atoms with Gasteiger partial charge in [0.05, 0.1) is 5.56 Å². The summed E-state index contributed by atoms with van der Waals surface area (Å²) in [6, 6.07) is 30.5. The van der Waals surface area contributed by atoms with Crippen LogP contribution in [0.2, 0.25) is 0 Å². The average Bonchev–Trinajstić information content (AvgIpc) is 2.90. The van der Waals surface area contributed by atoms with E-state index in [-0.39, 0.29) is 29.3 Å². The highest BCUT2D eigenvalue weighted by molar-refractivity contribution is 5.80. The van der Waals surface area contributed by atoms with Gasteiger partial charge in [0.1, 0.15) is 17.3 Å². The Balaban J connectivity index is 1.58. The van der Waals surface area contributed by atoms with Crippen LogP contribution >= 0.6 is 0 Å². The monoisotopic (exact) mass is 476 g/mol. The quantitative estimate of drug-likeness (QED) is 0.270. The molecule has 0 aliphatic rings. The molecule has 180 valence electrons. The van der Waals surface area contributed by atoms with Crippen molar-refractivity contribution in [1.82, 2.24) is 0 Å². The summed E-state index contributed by atoms with van der Waals surface area (Å²) in [6.07, 6.45) is 8.16. The summed E-state index contributed by atoms with van der Waals surface area (Å²) in [5.41, 5.74) is 2.40. The van der Waals surface area contributed by atoms with Gasteiger partial charge in [0, 0.05) is 24.8 Å². The zero-order chi connectivity index (χ0) is 25.2. The Morgan fingerprint density at radius 3 is 2.00 bits per heavy atom. The van der Waals surface area contributed by atoms with Gasteiger partial charge in [0.25, 0.3) is 0 Å². The van der Waals surface area contributed by atoms with Crippen molar-refractivity contribution < 1.29 is 14.3 Å². The van der Waals surface area contributed by atoms with Crippen LogP contribution in [-0.2, 0) is 11.2 Å². The third-order valence-corrected chi connectivity index (χ3v) is 5.90. The van der Waals surface area contributed by atoms with E-state index in [1.165, 1.54) is 6.07 Å². The van der Waals surface area contributed by atoms with Crippen molar-refractivity contribution in [3.05, 3.63) is 142 Å². The van der Waals surface area contributed by atoms with E-state index in [0.29, 0.717) is 12.8 Å². The molecule has 0 aliphatic heterocycles. The Hall–Kier alpha value is -4.44. The SMILES string of the molecule is O=C(CCc1ccccc1)CC(/C=C/c1ccccc1)c1c(O)cc(/C=C/c2ccccc2)oc1=O. The van der Waals surface area contributed by atoms with E-state index >= 15 is 0 Å². The number of ketones is 1. The Bertz CT molecular complexity index is 1380. The van der Waals surface area contributed by atoms with Gasteiger partial charge >= 0.3 is 5.63 Å². The van der Waals surface area contributed by atoms with E-state index in [0.717, 1.165) is 16.7 Å². The molecule has 4 rings (SSSR count). The molecule has 4 aromatic rings. The summed E-state index contributed by atoms with van der Waals surface area (Å²) in [7, 11) is 0. The van der Waals surface area contributed by atoms with Crippen LogP contribution in [-0.4, -0.2) is 10.9 Å². The number of hydrogen-bond donors (Lipinski definition) is 1. The number of carbonyl (C=O) groups is 1. The lowest BCUT2D eigenvalue weighted by molar-refractivity contribution is -0.119. The molecule has 0 spiro atoms. The van der Waals surface area contributed by atoms with Gasteiger partial charge < -0.3 is 9.52 Å². The lowest BCUT2D eigenvalue weighted by atomic mass is 9.91. The number of hydrogen-bond acceptors (Lipinski definition) is 4. The first-order valence-corrected chi connectivity index (χ1v) is 12.0. The molecule has 0 aliphatic carbocycles. The number of rotatable bonds is 10. The van der Waals surface area contributed by atoms with E-state index < -0.39 is 11.5 Å². The van der Waals surface area contributed by atoms with Gasteiger partial charge in [-0.1, -0.05) is 109 Å². The van der Waals surface area contributed by atoms with E-state index in [4.69, 9.17) is 4.42 Å². The lowest BCUT2D eigenvalue weighted by Crippen LogP contribution is -2.15. The molecule has 0 saturated heterocycles. The molecule has 4 heteroatoms. The van der Waals surface area contributed by atoms with Gasteiger partial charge in [0.2, 0.25) is 0 Å². The summed E-state index contributed by atoms with van der Waals surface area (Å²) < 4.78 is 5.51. The fraction of sp³-hybridized carbons (Fsp3) is 0.125. The number of aromatic hydroxyl groups is 1. The van der Waals surface area contributed by atoms with Crippen molar-refractivity contribution >= 4 is 24.0 Å². The third-order valence-electron chi connectivity index (χ3n) is 5.90. The van der Waals surface area contributed by atoms with Gasteiger partial charge in [-0.15, -0.1) is 0 Å². The molecular formula is C32H28O4. The topological polar surface area (TPSA) is 67.5 Å². The molecule has 0 saturated carbocycles. The van der Waals surface area contributed by atoms with Crippen LogP contribution < -0.4 is 5.63 Å². The van der Waals surface area contributed by atoms with E-state index in [1.54, 1.807) is 18.2 Å². The van der Waals surface area contributed by atoms with Crippen LogP contribution in [0.15, 0.2) is 112 Å². The van der Waals surface area contributed by atoms with Crippen LogP contribution in [0.5, 0.6) is 5.75 Å². The minimum Gasteiger partial charge on any atom is -0.507 e. The minimum atomic E-state index is -0.652. The molecule has 1 N–H and O–H groups in total. The highest BCUT2D eigenvalue weighted by Gasteiger charge is 2.22. The summed E-state index contributed by atoms with van der Waals surface area (Å²) in [5.74, 6) is -0.547. The first kappa shape index (κ1) is 24.7. The smallest absolute Gasteiger partial charge is 0.343 e. The number of aryl methyl sites for hydroxylation is 1. The maximum atomic E-state index is 13.0. The van der Waals surface area contributed by atoms with Gasteiger partial charge in [0.15, 0.2) is 0 Å². The van der Waals surface area contributed by atoms with Gasteiger partial charge in [-0.05, 0) is 29.2 Å². The highest BCUT2D eigenvalue weighted by Crippen LogP contribution is 2.29. The zero-order valence-corrected chi connectivity index (χ0v) is 19.9. The Kier molecular flexibility index (Phi) is 8.44. The predicted octanol–water partition coefficient (Wildman–Crippen LogP) is 6.90. The average molecular weight is 477 g/mol. The van der Waals surface area contributed by atoms with Gasteiger partial charge in [-0.3, -0.25) is 4.79 Å². The minimum absolute atomic E-state index is 0.00779. The standard InChI is InChI=1S/C32H28O4/c33-28(20-17-25-12-6-2-7-13-25)22-27(19-16-24-10-4-1-5-11-24)31-30(34)23-29(36-32(31)35)21-18-26-14-8-3-9-15-26/h1-16,18-19,21,23,27,34H,17,20,22H2/b19-16+,21-18+. The fourth-order valence-electron chi connectivity index (χ4n) is 4.01. The summed E-state index contributed by atoms with van der Waals surface area (Å²) in [6.45, 7) is 0. The first-order valence-electron chi connectivity index (χ1n) is 12.0. The molecule has 0 amide bonds. The molecule has 0 bridgehead atoms. The van der Waals surface area contributed by atoms with Gasteiger partial charge in [-0.25, -0.2) is 4.79 Å². The van der Waals surface area contributed by atoms with Crippen LogP contribution in [0.25, 0.3) is 18.2 Å². The molecule has 1 aromatic heterocycles. The molecule has 1 unspecified atom stereocenters. The first-order chi connectivity index (χ1) is 17.6. The summed E-state index contributed by atoms with van der Waals surface area (Å²) in [5, 5.41) is 10.8. The predicted molar refractivity (Wildman–Crippen MR) is 145 cm³/mol. The number of carbonyl (C=O) groups excluding carboxylic acids is 1. The zero-order valence-electron chi connectivity index (χ0n) is 19.9. The van der Waals surface area contributed by atoms with Crippen molar-refractivity contribution in [2.24, 2.45) is 0 Å². The lowest BCUT2D eigenvalue weighted by Gasteiger charge is -2.13. The second-order valence-electron chi connectivity index (χ2n) is 8.58. The third kappa shape index (κ3) is 7.03. The summed E-state index contributed by atoms with van der Waals surface area (Å²) >= 11 is 0. The highest BCUT2D eigenvalue weighted by atomic mass is 16.4. The molecule has 4 nitrogen and oxygen atoms in total. The molecule has 1 heterocycles. The number of benzene rings is 3. The fourth-order valence-corrected chi connectivity index (χ4v) is 4.01. The number of Topliss-reactive ketones (excluding diaryl/α,β-unsaturated/α-hetero) is 1. The molecular weight excluding hydrogens is 448 g/mol. The Labute approximate surface area is 210 Å². The molecule has 3 aromatic carbocycles. The van der Waals surface area contributed by atoms with Crippen molar-refractivity contribution in [2.45, 2.75) is 25.2 Å². The second kappa shape index (κ2) is 12.3. The van der Waals surface area contributed by atoms with Crippen molar-refractivity contribution in [3.8, 4) is 5.75 Å². The van der Waals surface area contributed by atoms with Crippen molar-refractivity contribution in [3.63, 3.8) is 0 Å². The van der Waals surface area contributed by atoms with E-state index in [9.17, 15) is 14.7 Å². The molecule has 36 heavy (non-hydrogen) atoms. The normalized spacial score (nSPS) is 12.2. The number of allylic oxidation sites excluding steroid dienone is 1. The van der Waals surface area contributed by atoms with Crippen LogP contribution in [0, 0.1) is 0 Å². The van der Waals surface area contributed by atoms with Crippen molar-refractivity contribution in [2.75, 3.05) is 0 Å². The van der Waals surface area contributed by atoms with E-state index in [2.05, 4.69) is 0 Å².